The van der Waals surface area contributed by atoms with Gasteiger partial charge in [0, 0.05) is 23.4 Å². The molecule has 2 amide bonds. The van der Waals surface area contributed by atoms with E-state index in [1.165, 1.54) is 0 Å². The molecule has 3 aromatic rings. The molecule has 0 radical (unpaired) electrons. The van der Waals surface area contributed by atoms with Crippen LogP contribution in [-0.4, -0.2) is 58.6 Å². The van der Waals surface area contributed by atoms with Crippen LogP contribution in [0.5, 0.6) is 0 Å². The van der Waals surface area contributed by atoms with E-state index in [9.17, 15) is 32.7 Å². The third-order valence-corrected chi connectivity index (χ3v) is 6.86. The first-order valence-corrected chi connectivity index (χ1v) is 12.8. The molecule has 3 heterocycles. The molecule has 5 N–H and O–H groups in total. The highest BCUT2D eigenvalue weighted by atomic mass is 32.2. The summed E-state index contributed by atoms with van der Waals surface area (Å²) in [7, 11) is -3.76. The van der Waals surface area contributed by atoms with Gasteiger partial charge in [0.2, 0.25) is 15.9 Å². The van der Waals surface area contributed by atoms with Gasteiger partial charge >= 0.3 is 5.97 Å². The van der Waals surface area contributed by atoms with E-state index < -0.39 is 40.3 Å². The molecule has 0 aromatic carbocycles. The third-order valence-electron chi connectivity index (χ3n) is 5.00. The second-order valence-electron chi connectivity index (χ2n) is 7.74. The summed E-state index contributed by atoms with van der Waals surface area (Å²) in [6, 6.07) is 1.87. The Hall–Kier alpha value is -3.52. The number of thiophene rings is 1. The molecule has 0 aliphatic rings. The Bertz CT molecular complexity index is 1420. The van der Waals surface area contributed by atoms with Gasteiger partial charge < -0.3 is 20.4 Å². The molecule has 3 rings (SSSR count). The third kappa shape index (κ3) is 5.88. The van der Waals surface area contributed by atoms with Crippen molar-refractivity contribution in [3.05, 3.63) is 49.8 Å². The lowest BCUT2D eigenvalue weighted by Gasteiger charge is -2.13. The lowest BCUT2D eigenvalue weighted by atomic mass is 10.0. The van der Waals surface area contributed by atoms with Gasteiger partial charge in [-0.05, 0) is 31.0 Å². The summed E-state index contributed by atoms with van der Waals surface area (Å²) in [6.45, 7) is 3.55. The molecule has 0 spiro atoms. The first-order chi connectivity index (χ1) is 15.9. The SMILES string of the molecule is Cc1nc2[nH]cc(C(C)c3ccc(C(=O)N[C@@H](CCC(=O)NS(C)(=O)=O)C(=O)O)s3)c2c(=O)[nH]1. The molecule has 0 aliphatic carbocycles. The van der Waals surface area contributed by atoms with Crippen molar-refractivity contribution in [1.29, 1.82) is 0 Å². The number of nitrogens with zero attached hydrogens (tertiary/aromatic N) is 1. The maximum Gasteiger partial charge on any atom is 0.326 e. The van der Waals surface area contributed by atoms with Gasteiger partial charge in [0.1, 0.15) is 17.5 Å². The van der Waals surface area contributed by atoms with Gasteiger partial charge in [-0.3, -0.25) is 19.1 Å². The second-order valence-corrected chi connectivity index (χ2v) is 10.6. The highest BCUT2D eigenvalue weighted by Crippen LogP contribution is 2.32. The fraction of sp³-hybridized carbons (Fsp3) is 0.350. The summed E-state index contributed by atoms with van der Waals surface area (Å²) in [5.41, 5.74) is 0.893. The van der Waals surface area contributed by atoms with Crippen molar-refractivity contribution >= 4 is 50.2 Å². The predicted molar refractivity (Wildman–Crippen MR) is 124 cm³/mol. The molecule has 1 unspecified atom stereocenters. The number of amides is 2. The number of aromatic amines is 2. The number of carboxylic acid groups (broad SMARTS) is 1. The Labute approximate surface area is 197 Å². The van der Waals surface area contributed by atoms with Crippen LogP contribution in [0, 0.1) is 6.92 Å². The second kappa shape index (κ2) is 9.77. The average Bonchev–Trinajstić information content (AvgIpc) is 3.36. The van der Waals surface area contributed by atoms with Gasteiger partial charge in [-0.25, -0.2) is 18.2 Å². The topological polar surface area (TPSA) is 191 Å². The van der Waals surface area contributed by atoms with Crippen molar-refractivity contribution in [2.24, 2.45) is 0 Å². The van der Waals surface area contributed by atoms with Crippen LogP contribution in [0.3, 0.4) is 0 Å². The number of sulfonamides is 1. The van der Waals surface area contributed by atoms with E-state index in [1.54, 1.807) is 30.0 Å². The van der Waals surface area contributed by atoms with E-state index in [1.807, 2.05) is 6.92 Å². The normalized spacial score (nSPS) is 13.4. The molecule has 14 heteroatoms. The predicted octanol–water partition coefficient (Wildman–Crippen LogP) is 0.812. The summed E-state index contributed by atoms with van der Waals surface area (Å²) >= 11 is 1.14. The Kier molecular flexibility index (Phi) is 7.21. The van der Waals surface area contributed by atoms with Crippen LogP contribution < -0.4 is 15.6 Å². The maximum absolute atomic E-state index is 12.6. The Morgan fingerprint density at radius 2 is 1.97 bits per heavy atom. The molecule has 0 bridgehead atoms. The number of carboxylic acids is 1. The highest BCUT2D eigenvalue weighted by Gasteiger charge is 2.24. The number of nitrogens with one attached hydrogen (secondary N) is 4. The quantitative estimate of drug-likeness (QED) is 0.280. The minimum Gasteiger partial charge on any atom is -0.480 e. The number of H-pyrrole nitrogens is 2. The Morgan fingerprint density at radius 3 is 2.62 bits per heavy atom. The Balaban J connectivity index is 1.72. The standard InChI is InChI=1S/C20H23N5O7S2/c1-9(11-8-21-17-16(11)19(28)23-10(2)22-17)13-5-6-14(33-13)18(27)24-12(20(29)30)4-7-15(26)25-34(3,31)32/h5-6,8-9,12H,4,7H2,1-3H3,(H,24,27)(H,25,26)(H,29,30)(H2,21,22,23,28)/t9?,12-/m0/s1. The average molecular weight is 510 g/mol. The van der Waals surface area contributed by atoms with Crippen molar-refractivity contribution in [3.63, 3.8) is 0 Å². The zero-order chi connectivity index (χ0) is 25.2. The van der Waals surface area contributed by atoms with Crippen molar-refractivity contribution < 1.29 is 27.9 Å². The number of carbonyl (C=O) groups excluding carboxylic acids is 2. The largest absolute Gasteiger partial charge is 0.480 e. The van der Waals surface area contributed by atoms with E-state index in [0.717, 1.165) is 22.5 Å². The van der Waals surface area contributed by atoms with E-state index in [2.05, 4.69) is 20.3 Å². The smallest absolute Gasteiger partial charge is 0.326 e. The Morgan fingerprint density at radius 1 is 1.26 bits per heavy atom. The molecule has 12 nitrogen and oxygen atoms in total. The van der Waals surface area contributed by atoms with Crippen LogP contribution in [0.25, 0.3) is 11.0 Å². The van der Waals surface area contributed by atoms with Crippen LogP contribution in [0.1, 0.15) is 51.6 Å². The number of rotatable bonds is 9. The van der Waals surface area contributed by atoms with Crippen LogP contribution in [0.15, 0.2) is 23.1 Å². The molecule has 0 saturated heterocycles. The van der Waals surface area contributed by atoms with Gasteiger partial charge in [0.15, 0.2) is 0 Å². The minimum atomic E-state index is -3.76. The number of carbonyl (C=O) groups is 3. The van der Waals surface area contributed by atoms with E-state index in [-0.39, 0.29) is 22.8 Å². The molecule has 34 heavy (non-hydrogen) atoms. The number of aryl methyl sites for hydroxylation is 1. The van der Waals surface area contributed by atoms with Gasteiger partial charge in [0.25, 0.3) is 11.5 Å². The number of aliphatic carboxylic acids is 1. The lowest BCUT2D eigenvalue weighted by molar-refractivity contribution is -0.139. The molecule has 182 valence electrons. The van der Waals surface area contributed by atoms with Crippen LogP contribution >= 0.6 is 11.3 Å². The van der Waals surface area contributed by atoms with Gasteiger partial charge in [0.05, 0.1) is 16.5 Å². The first-order valence-electron chi connectivity index (χ1n) is 10.1. The van der Waals surface area contributed by atoms with Gasteiger partial charge in [-0.1, -0.05) is 6.92 Å². The zero-order valence-electron chi connectivity index (χ0n) is 18.5. The number of aromatic nitrogens is 3. The zero-order valence-corrected chi connectivity index (χ0v) is 20.1. The van der Waals surface area contributed by atoms with E-state index >= 15 is 0 Å². The summed E-state index contributed by atoms with van der Waals surface area (Å²) in [5, 5.41) is 12.2. The van der Waals surface area contributed by atoms with Crippen molar-refractivity contribution in [1.82, 2.24) is 25.0 Å². The lowest BCUT2D eigenvalue weighted by Crippen LogP contribution is -2.41. The molecule has 0 saturated carbocycles. The van der Waals surface area contributed by atoms with Crippen molar-refractivity contribution in [2.75, 3.05) is 6.26 Å². The van der Waals surface area contributed by atoms with Crippen LogP contribution in [0.4, 0.5) is 0 Å². The summed E-state index contributed by atoms with van der Waals surface area (Å²) in [4.78, 5) is 59.1. The number of fused-ring (bicyclic) bond motifs is 1. The molecular weight excluding hydrogens is 486 g/mol. The molecule has 3 aromatic heterocycles. The van der Waals surface area contributed by atoms with E-state index in [4.69, 9.17) is 0 Å². The summed E-state index contributed by atoms with van der Waals surface area (Å²) < 4.78 is 23.9. The molecular formula is C20H23N5O7S2. The minimum absolute atomic E-state index is 0.247. The fourth-order valence-corrected chi connectivity index (χ4v) is 4.90. The van der Waals surface area contributed by atoms with Gasteiger partial charge in [-0.2, -0.15) is 0 Å². The summed E-state index contributed by atoms with van der Waals surface area (Å²) in [6.07, 6.45) is 1.81. The monoisotopic (exact) mass is 509 g/mol. The van der Waals surface area contributed by atoms with Crippen LogP contribution in [0.2, 0.25) is 0 Å². The van der Waals surface area contributed by atoms with Crippen molar-refractivity contribution in [3.8, 4) is 0 Å². The van der Waals surface area contributed by atoms with Crippen molar-refractivity contribution in [2.45, 2.75) is 38.6 Å². The molecule has 0 fully saturated rings. The van der Waals surface area contributed by atoms with Crippen LogP contribution in [-0.2, 0) is 19.6 Å². The highest BCUT2D eigenvalue weighted by molar-refractivity contribution is 7.89. The summed E-state index contributed by atoms with van der Waals surface area (Å²) in [5.74, 6) is -2.63. The molecule has 0 aliphatic heterocycles. The molecule has 2 atom stereocenters. The maximum atomic E-state index is 12.6. The van der Waals surface area contributed by atoms with E-state index in [0.29, 0.717) is 22.4 Å². The number of hydrogen-bond acceptors (Lipinski definition) is 8. The first kappa shape index (κ1) is 25.1. The van der Waals surface area contributed by atoms with Gasteiger partial charge in [-0.15, -0.1) is 11.3 Å². The fourth-order valence-electron chi connectivity index (χ4n) is 3.40. The number of hydrogen-bond donors (Lipinski definition) is 5.